The van der Waals surface area contributed by atoms with Crippen molar-refractivity contribution >= 4 is 22.5 Å². The summed E-state index contributed by atoms with van der Waals surface area (Å²) in [5.74, 6) is 0. The van der Waals surface area contributed by atoms with Crippen molar-refractivity contribution in [2.24, 2.45) is 0 Å². The minimum atomic E-state index is -4.65. The molecule has 0 fully saturated rings. The van der Waals surface area contributed by atoms with Crippen molar-refractivity contribution in [3.63, 3.8) is 0 Å². The molecule has 76 valence electrons. The summed E-state index contributed by atoms with van der Waals surface area (Å²) in [6.45, 7) is 1.40. The van der Waals surface area contributed by atoms with Crippen molar-refractivity contribution in [3.8, 4) is 0 Å². The number of sulfone groups is 1. The molecule has 0 saturated carbocycles. The zero-order chi connectivity index (χ0) is 10.7. The average molecular weight is 228 g/mol. The number of hydrogen-bond donors (Lipinski definition) is 2. The van der Waals surface area contributed by atoms with E-state index < -0.39 is 28.0 Å². The van der Waals surface area contributed by atoms with Gasteiger partial charge in [0.05, 0.1) is 6.42 Å². The maximum Gasteiger partial charge on any atom is 0.381 e. The lowest BCUT2D eigenvalue weighted by molar-refractivity contribution is -0.00292. The molecule has 0 atom stereocenters. The van der Waals surface area contributed by atoms with Crippen molar-refractivity contribution in [2.45, 2.75) is 13.3 Å². The molecule has 0 heterocycles. The van der Waals surface area contributed by atoms with Crippen LogP contribution < -0.4 is 0 Å². The maximum atomic E-state index is 11.0. The summed E-state index contributed by atoms with van der Waals surface area (Å²) in [4.78, 5) is 19.2. The lowest BCUT2D eigenvalue weighted by Gasteiger charge is -2.00. The molecule has 0 amide bonds. The van der Waals surface area contributed by atoms with Crippen LogP contribution in [0.25, 0.3) is 5.53 Å². The first-order valence-corrected chi connectivity index (χ1v) is 6.66. The summed E-state index contributed by atoms with van der Waals surface area (Å²) >= 11 is 0. The Balaban J connectivity index is 5.02. The molecule has 0 rings (SSSR count). The first-order valence-electron chi connectivity index (χ1n) is 3.21. The largest absolute Gasteiger partial charge is 0.381 e. The third-order valence-electron chi connectivity index (χ3n) is 1.11. The molecule has 7 nitrogen and oxygen atoms in total. The molecule has 0 aliphatic carbocycles. The minimum absolute atomic E-state index is 0.112. The summed E-state index contributed by atoms with van der Waals surface area (Å²) in [7, 11) is -8.79. The van der Waals surface area contributed by atoms with Crippen LogP contribution in [0.1, 0.15) is 13.3 Å². The van der Waals surface area contributed by atoms with Gasteiger partial charge in [-0.1, -0.05) is 6.92 Å². The molecule has 0 bridgehead atoms. The van der Waals surface area contributed by atoms with E-state index >= 15 is 0 Å². The van der Waals surface area contributed by atoms with Crippen molar-refractivity contribution < 1.29 is 27.6 Å². The van der Waals surface area contributed by atoms with Gasteiger partial charge in [-0.2, -0.15) is 4.79 Å². The summed E-state index contributed by atoms with van der Waals surface area (Å²) in [5.41, 5.74) is 6.89. The maximum absolute atomic E-state index is 11.0. The van der Waals surface area contributed by atoms with E-state index in [1.807, 2.05) is 0 Å². The van der Waals surface area contributed by atoms with E-state index in [1.165, 1.54) is 6.92 Å². The Labute approximate surface area is 75.1 Å². The van der Waals surface area contributed by atoms with E-state index in [4.69, 9.17) is 15.3 Å². The molecular formula is C4H9N2O5PS. The molecule has 0 saturated heterocycles. The fourth-order valence-corrected chi connectivity index (χ4v) is 3.58. The molecule has 2 N–H and O–H groups in total. The molecule has 0 aromatic carbocycles. The summed E-state index contributed by atoms with van der Waals surface area (Å²) in [6.07, 6.45) is -0.112. The highest BCUT2D eigenvalue weighted by atomic mass is 32.2. The van der Waals surface area contributed by atoms with Gasteiger partial charge in [0.25, 0.3) is 9.84 Å². The Morgan fingerprint density at radius 3 is 2.23 bits per heavy atom. The number of nitrogens with zero attached hydrogens (tertiary/aromatic N) is 2. The van der Waals surface area contributed by atoms with Gasteiger partial charge in [0.2, 0.25) is 0 Å². The number of hydrogen-bond acceptors (Lipinski definition) is 3. The highest BCUT2D eigenvalue weighted by Crippen LogP contribution is 2.36. The van der Waals surface area contributed by atoms with Gasteiger partial charge < -0.3 is 15.3 Å². The first-order chi connectivity index (χ1) is 5.73. The predicted molar refractivity (Wildman–Crippen MR) is 44.7 cm³/mol. The zero-order valence-electron chi connectivity index (χ0n) is 6.78. The van der Waals surface area contributed by atoms with Crippen LogP contribution in [0, 0.1) is 0 Å². The third-order valence-corrected chi connectivity index (χ3v) is 4.90. The van der Waals surface area contributed by atoms with Gasteiger partial charge in [0.1, 0.15) is 0 Å². The SMILES string of the molecule is CCC(=[N+]=[N-])S(=O)(=O)CP(=O)(O)O. The van der Waals surface area contributed by atoms with E-state index in [1.54, 1.807) is 0 Å². The van der Waals surface area contributed by atoms with Gasteiger partial charge in [-0.15, -0.1) is 0 Å². The first kappa shape index (κ1) is 12.5. The average Bonchev–Trinajstić information content (AvgIpc) is 1.83. The second-order valence-corrected chi connectivity index (χ2v) is 6.32. The predicted octanol–water partition coefficient (Wildman–Crippen LogP) is -0.425. The normalized spacial score (nSPS) is 12.2. The second kappa shape index (κ2) is 4.13. The van der Waals surface area contributed by atoms with E-state index in [0.29, 0.717) is 0 Å². The lowest BCUT2D eigenvalue weighted by atomic mass is 10.5. The van der Waals surface area contributed by atoms with Crippen LogP contribution in [-0.4, -0.2) is 33.5 Å². The molecule has 0 aliphatic heterocycles. The fraction of sp³-hybridized carbons (Fsp3) is 0.750. The quantitative estimate of drug-likeness (QED) is 0.223. The topological polar surface area (TPSA) is 128 Å². The molecule has 0 unspecified atom stereocenters. The molecule has 13 heavy (non-hydrogen) atoms. The molecular weight excluding hydrogens is 219 g/mol. The van der Waals surface area contributed by atoms with Crippen molar-refractivity contribution in [1.82, 2.24) is 0 Å². The van der Waals surface area contributed by atoms with Gasteiger partial charge in [-0.3, -0.25) is 4.57 Å². The van der Waals surface area contributed by atoms with Crippen molar-refractivity contribution in [3.05, 3.63) is 5.53 Å². The van der Waals surface area contributed by atoms with Crippen molar-refractivity contribution in [1.29, 1.82) is 0 Å². The highest BCUT2D eigenvalue weighted by Gasteiger charge is 2.33. The summed E-state index contributed by atoms with van der Waals surface area (Å²) < 4.78 is 32.4. The van der Waals surface area contributed by atoms with Crippen LogP contribution >= 0.6 is 7.60 Å². The van der Waals surface area contributed by atoms with E-state index in [-0.39, 0.29) is 6.42 Å². The van der Waals surface area contributed by atoms with Gasteiger partial charge in [-0.25, -0.2) is 8.42 Å². The van der Waals surface area contributed by atoms with Crippen LogP contribution in [0.2, 0.25) is 0 Å². The smallest absolute Gasteiger partial charge is 0.360 e. The van der Waals surface area contributed by atoms with E-state index in [9.17, 15) is 13.0 Å². The van der Waals surface area contributed by atoms with Gasteiger partial charge >= 0.3 is 12.6 Å². The van der Waals surface area contributed by atoms with Gasteiger partial charge in [-0.05, 0) is 0 Å². The lowest BCUT2D eigenvalue weighted by Crippen LogP contribution is -2.18. The zero-order valence-corrected chi connectivity index (χ0v) is 8.49. The van der Waals surface area contributed by atoms with Gasteiger partial charge in [0.15, 0.2) is 5.49 Å². The summed E-state index contributed by atoms with van der Waals surface area (Å²) in [6, 6.07) is 0. The monoisotopic (exact) mass is 228 g/mol. The van der Waals surface area contributed by atoms with Crippen LogP contribution in [0.15, 0.2) is 0 Å². The molecule has 0 spiro atoms. The second-order valence-electron chi connectivity index (χ2n) is 2.26. The highest BCUT2D eigenvalue weighted by molar-refractivity contribution is 8.10. The third kappa shape index (κ3) is 4.31. The molecule has 0 radical (unpaired) electrons. The van der Waals surface area contributed by atoms with E-state index in [2.05, 4.69) is 4.79 Å². The Bertz CT molecular complexity index is 375. The minimum Gasteiger partial charge on any atom is -0.360 e. The Morgan fingerprint density at radius 1 is 1.54 bits per heavy atom. The Kier molecular flexibility index (Phi) is 3.96. The van der Waals surface area contributed by atoms with E-state index in [0.717, 1.165) is 0 Å². The van der Waals surface area contributed by atoms with Crippen LogP contribution in [-0.2, 0) is 14.4 Å². The molecule has 0 aromatic heterocycles. The Hall–Kier alpha value is -0.520. The molecule has 0 aliphatic rings. The number of rotatable bonds is 3. The van der Waals surface area contributed by atoms with Gasteiger partial charge in [0, 0.05) is 0 Å². The molecule has 0 aromatic rings. The standard InChI is InChI=1S/C4H9N2O5PS/c1-2-4(6-5)13(10,11)3-12(7,8)9/h2-3H2,1H3,(H2,7,8,9). The summed E-state index contributed by atoms with van der Waals surface area (Å²) in [5, 5.41) is -0.629. The van der Waals surface area contributed by atoms with Crippen molar-refractivity contribution in [2.75, 3.05) is 5.49 Å². The van der Waals surface area contributed by atoms with Crippen LogP contribution in [0.5, 0.6) is 0 Å². The Morgan fingerprint density at radius 2 is 2.00 bits per heavy atom. The van der Waals surface area contributed by atoms with Crippen LogP contribution in [0.4, 0.5) is 0 Å². The molecule has 9 heteroatoms. The fourth-order valence-electron chi connectivity index (χ4n) is 0.649. The van der Waals surface area contributed by atoms with Crippen LogP contribution in [0.3, 0.4) is 0 Å².